The smallest absolute Gasteiger partial charge is 0.232 e. The van der Waals surface area contributed by atoms with E-state index in [2.05, 4.69) is 24.9 Å². The third kappa shape index (κ3) is 3.63. The van der Waals surface area contributed by atoms with Crippen LogP contribution < -0.4 is 4.74 Å². The highest BCUT2D eigenvalue weighted by Gasteiger charge is 2.31. The lowest BCUT2D eigenvalue weighted by atomic mass is 10.0. The molecule has 1 saturated heterocycles. The Morgan fingerprint density at radius 1 is 1.25 bits per heavy atom. The zero-order valence-corrected chi connectivity index (χ0v) is 17.3. The number of nitrogens with one attached hydrogen (secondary N) is 1. The van der Waals surface area contributed by atoms with Crippen molar-refractivity contribution >= 4 is 16.9 Å². The van der Waals surface area contributed by atoms with E-state index in [9.17, 15) is 4.79 Å². The highest BCUT2D eigenvalue weighted by atomic mass is 16.5. The summed E-state index contributed by atoms with van der Waals surface area (Å²) in [4.78, 5) is 34.4. The zero-order valence-electron chi connectivity index (χ0n) is 17.3. The molecule has 9 nitrogen and oxygen atoms in total. The van der Waals surface area contributed by atoms with Crippen LogP contribution >= 0.6 is 0 Å². The first-order valence-corrected chi connectivity index (χ1v) is 10.2. The van der Waals surface area contributed by atoms with Gasteiger partial charge in [0.05, 0.1) is 29.5 Å². The normalized spacial score (nSPS) is 15.6. The largest absolute Gasteiger partial charge is 0.454 e. The topological polar surface area (TPSA) is 121 Å². The van der Waals surface area contributed by atoms with Crippen LogP contribution in [0.3, 0.4) is 0 Å². The Kier molecular flexibility index (Phi) is 4.95. The van der Waals surface area contributed by atoms with Gasteiger partial charge >= 0.3 is 0 Å². The average molecular weight is 425 g/mol. The molecule has 1 aromatic carbocycles. The molecule has 158 valence electrons. The van der Waals surface area contributed by atoms with Crippen LogP contribution in [0.25, 0.3) is 22.6 Å². The Balaban J connectivity index is 1.61. The lowest BCUT2D eigenvalue weighted by molar-refractivity contribution is -0.129. The summed E-state index contributed by atoms with van der Waals surface area (Å²) in [6.45, 7) is 2.29. The summed E-state index contributed by atoms with van der Waals surface area (Å²) in [6, 6.07) is 11.3. The standard InChI is InChI=1S/C23H19N7O2/c1-14(31)30-8-4-6-20(30)16-9-18-19(29-23(28-18)17-5-2-3-7-25-17)10-21(16)32-15-12-26-22(11-24)27-13-15/h2-3,5,7,9-10,12-13,20H,4,6,8H2,1H3,(H,28,29). The number of hydrogen-bond acceptors (Lipinski definition) is 7. The summed E-state index contributed by atoms with van der Waals surface area (Å²) < 4.78 is 6.13. The maximum absolute atomic E-state index is 12.2. The van der Waals surface area contributed by atoms with Crippen molar-refractivity contribution in [2.24, 2.45) is 0 Å². The van der Waals surface area contributed by atoms with Crippen molar-refractivity contribution in [3.05, 3.63) is 60.3 Å². The molecule has 1 fully saturated rings. The Bertz CT molecular complexity index is 1330. The second kappa shape index (κ2) is 8.07. The van der Waals surface area contributed by atoms with E-state index in [1.807, 2.05) is 41.3 Å². The first-order valence-electron chi connectivity index (χ1n) is 10.2. The van der Waals surface area contributed by atoms with Crippen LogP contribution in [0.15, 0.2) is 48.9 Å². The lowest BCUT2D eigenvalue weighted by Crippen LogP contribution is -2.28. The molecule has 4 aromatic rings. The summed E-state index contributed by atoms with van der Waals surface area (Å²) in [6.07, 6.45) is 6.40. The maximum atomic E-state index is 12.2. The number of aromatic amines is 1. The zero-order chi connectivity index (χ0) is 22.1. The van der Waals surface area contributed by atoms with E-state index in [0.717, 1.165) is 29.6 Å². The van der Waals surface area contributed by atoms with Gasteiger partial charge in [-0.25, -0.2) is 15.0 Å². The minimum Gasteiger partial charge on any atom is -0.454 e. The number of aromatic nitrogens is 5. The number of ether oxygens (including phenoxy) is 1. The van der Waals surface area contributed by atoms with Gasteiger partial charge in [0, 0.05) is 31.3 Å². The van der Waals surface area contributed by atoms with Crippen LogP contribution in [-0.2, 0) is 4.79 Å². The minimum atomic E-state index is -0.104. The van der Waals surface area contributed by atoms with Gasteiger partial charge in [-0.2, -0.15) is 5.26 Å². The molecule has 0 saturated carbocycles. The minimum absolute atomic E-state index is 0.0269. The first kappa shape index (κ1) is 19.6. The SMILES string of the molecule is CC(=O)N1CCCC1c1cc2[nH]c(-c3ccccn3)nc2cc1Oc1cnc(C#N)nc1. The summed E-state index contributed by atoms with van der Waals surface area (Å²) >= 11 is 0. The number of fused-ring (bicyclic) bond motifs is 1. The second-order valence-corrected chi connectivity index (χ2v) is 7.53. The van der Waals surface area contributed by atoms with Gasteiger partial charge in [-0.3, -0.25) is 9.78 Å². The van der Waals surface area contributed by atoms with E-state index in [4.69, 9.17) is 10.00 Å². The highest BCUT2D eigenvalue weighted by molar-refractivity contribution is 5.82. The van der Waals surface area contributed by atoms with Gasteiger partial charge in [-0.05, 0) is 31.0 Å². The number of H-pyrrole nitrogens is 1. The number of carbonyl (C=O) groups excluding carboxylic acids is 1. The summed E-state index contributed by atoms with van der Waals surface area (Å²) in [5.41, 5.74) is 3.16. The van der Waals surface area contributed by atoms with Crippen molar-refractivity contribution in [3.8, 4) is 29.1 Å². The molecule has 1 atom stereocenters. The molecule has 3 aromatic heterocycles. The fourth-order valence-electron chi connectivity index (χ4n) is 4.05. The molecule has 0 bridgehead atoms. The van der Waals surface area contributed by atoms with Gasteiger partial charge in [-0.1, -0.05) is 6.07 Å². The molecule has 4 heterocycles. The Morgan fingerprint density at radius 2 is 2.09 bits per heavy atom. The monoisotopic (exact) mass is 425 g/mol. The number of amides is 1. The van der Waals surface area contributed by atoms with Crippen LogP contribution in [0.2, 0.25) is 0 Å². The molecule has 5 rings (SSSR count). The van der Waals surface area contributed by atoms with Crippen molar-refractivity contribution in [1.82, 2.24) is 29.8 Å². The van der Waals surface area contributed by atoms with E-state index in [1.54, 1.807) is 13.1 Å². The van der Waals surface area contributed by atoms with Crippen molar-refractivity contribution < 1.29 is 9.53 Å². The number of pyridine rings is 1. The van der Waals surface area contributed by atoms with Crippen molar-refractivity contribution in [3.63, 3.8) is 0 Å². The Morgan fingerprint density at radius 3 is 2.81 bits per heavy atom. The van der Waals surface area contributed by atoms with E-state index < -0.39 is 0 Å². The number of carbonyl (C=O) groups is 1. The van der Waals surface area contributed by atoms with Gasteiger partial charge in [0.25, 0.3) is 0 Å². The first-order chi connectivity index (χ1) is 15.6. The molecule has 1 amide bonds. The van der Waals surface area contributed by atoms with Gasteiger partial charge in [-0.15, -0.1) is 0 Å². The molecular formula is C23H19N7O2. The summed E-state index contributed by atoms with van der Waals surface area (Å²) in [7, 11) is 0. The molecule has 1 aliphatic heterocycles. The lowest BCUT2D eigenvalue weighted by Gasteiger charge is -2.25. The van der Waals surface area contributed by atoms with Crippen LogP contribution in [0.4, 0.5) is 0 Å². The molecular weight excluding hydrogens is 406 g/mol. The van der Waals surface area contributed by atoms with E-state index in [0.29, 0.717) is 29.4 Å². The number of nitriles is 1. The van der Waals surface area contributed by atoms with E-state index in [1.165, 1.54) is 12.4 Å². The van der Waals surface area contributed by atoms with Gasteiger partial charge in [0.15, 0.2) is 11.6 Å². The molecule has 1 N–H and O–H groups in total. The number of likely N-dealkylation sites (tertiary alicyclic amines) is 1. The number of imidazole rings is 1. The maximum Gasteiger partial charge on any atom is 0.232 e. The molecule has 0 aliphatic carbocycles. The van der Waals surface area contributed by atoms with Crippen LogP contribution in [-0.4, -0.2) is 42.3 Å². The van der Waals surface area contributed by atoms with Crippen molar-refractivity contribution in [2.75, 3.05) is 6.54 Å². The summed E-state index contributed by atoms with van der Waals surface area (Å²) in [5.74, 6) is 1.72. The Labute approximate surface area is 183 Å². The predicted molar refractivity (Wildman–Crippen MR) is 116 cm³/mol. The van der Waals surface area contributed by atoms with Crippen LogP contribution in [0.1, 0.15) is 37.2 Å². The molecule has 9 heteroatoms. The van der Waals surface area contributed by atoms with E-state index >= 15 is 0 Å². The second-order valence-electron chi connectivity index (χ2n) is 7.53. The molecule has 1 unspecified atom stereocenters. The Hall–Kier alpha value is -4.32. The quantitative estimate of drug-likeness (QED) is 0.528. The molecule has 0 radical (unpaired) electrons. The number of benzene rings is 1. The number of hydrogen-bond donors (Lipinski definition) is 1. The fraction of sp³-hybridized carbons (Fsp3) is 0.217. The van der Waals surface area contributed by atoms with Crippen LogP contribution in [0, 0.1) is 11.3 Å². The summed E-state index contributed by atoms with van der Waals surface area (Å²) in [5, 5.41) is 8.93. The third-order valence-corrected chi connectivity index (χ3v) is 5.49. The molecule has 32 heavy (non-hydrogen) atoms. The van der Waals surface area contributed by atoms with Gasteiger partial charge in [0.2, 0.25) is 11.7 Å². The predicted octanol–water partition coefficient (Wildman–Crippen LogP) is 3.76. The van der Waals surface area contributed by atoms with Gasteiger partial charge < -0.3 is 14.6 Å². The number of rotatable bonds is 4. The van der Waals surface area contributed by atoms with Crippen molar-refractivity contribution in [2.45, 2.75) is 25.8 Å². The number of nitrogens with zero attached hydrogens (tertiary/aromatic N) is 6. The van der Waals surface area contributed by atoms with Crippen LogP contribution in [0.5, 0.6) is 11.5 Å². The highest BCUT2D eigenvalue weighted by Crippen LogP contribution is 2.40. The average Bonchev–Trinajstić information content (AvgIpc) is 3.47. The fourth-order valence-corrected chi connectivity index (χ4v) is 4.05. The van der Waals surface area contributed by atoms with Crippen molar-refractivity contribution in [1.29, 1.82) is 5.26 Å². The van der Waals surface area contributed by atoms with E-state index in [-0.39, 0.29) is 17.8 Å². The molecule has 1 aliphatic rings. The van der Waals surface area contributed by atoms with Gasteiger partial charge in [0.1, 0.15) is 17.5 Å². The third-order valence-electron chi connectivity index (χ3n) is 5.49. The molecule has 0 spiro atoms.